The van der Waals surface area contributed by atoms with E-state index in [4.69, 9.17) is 0 Å². The van der Waals surface area contributed by atoms with E-state index in [1.165, 1.54) is 0 Å². The van der Waals surface area contributed by atoms with Gasteiger partial charge in [-0.3, -0.25) is 9.59 Å². The van der Waals surface area contributed by atoms with Crippen molar-refractivity contribution >= 4 is 22.8 Å². The summed E-state index contributed by atoms with van der Waals surface area (Å²) in [6, 6.07) is 14.4. The second kappa shape index (κ2) is 8.03. The average molecular weight is 364 g/mol. The van der Waals surface area contributed by atoms with E-state index in [1.54, 1.807) is 12.1 Å². The molecule has 0 fully saturated rings. The molecule has 1 aromatic heterocycles. The third-order valence-corrected chi connectivity index (χ3v) is 4.38. The smallest absolute Gasteiger partial charge is 0.251 e. The van der Waals surface area contributed by atoms with Crippen molar-refractivity contribution in [2.45, 2.75) is 33.4 Å². The van der Waals surface area contributed by atoms with Crippen molar-refractivity contribution in [2.24, 2.45) is 5.92 Å². The molecule has 3 rings (SSSR count). The Bertz CT molecular complexity index is 928. The molecule has 140 valence electrons. The van der Waals surface area contributed by atoms with Crippen LogP contribution in [0.5, 0.6) is 0 Å². The molecule has 0 spiro atoms. The van der Waals surface area contributed by atoms with E-state index < -0.39 is 6.04 Å². The number of rotatable bonds is 6. The predicted octanol–water partition coefficient (Wildman–Crippen LogP) is 2.94. The van der Waals surface area contributed by atoms with Crippen molar-refractivity contribution in [2.75, 3.05) is 0 Å². The zero-order chi connectivity index (χ0) is 19.4. The number of carbonyl (C=O) groups excluding carboxylic acids is 2. The van der Waals surface area contributed by atoms with Crippen LogP contribution in [-0.4, -0.2) is 27.8 Å². The lowest BCUT2D eigenvalue weighted by Gasteiger charge is -2.21. The summed E-state index contributed by atoms with van der Waals surface area (Å²) in [6.45, 7) is 6.01. The Morgan fingerprint density at radius 2 is 1.89 bits per heavy atom. The van der Waals surface area contributed by atoms with Crippen LogP contribution in [0.3, 0.4) is 0 Å². The van der Waals surface area contributed by atoms with E-state index in [0.29, 0.717) is 11.4 Å². The van der Waals surface area contributed by atoms with Gasteiger partial charge in [0.2, 0.25) is 5.91 Å². The van der Waals surface area contributed by atoms with Crippen molar-refractivity contribution in [3.8, 4) is 0 Å². The van der Waals surface area contributed by atoms with Crippen molar-refractivity contribution in [1.82, 2.24) is 20.6 Å². The average Bonchev–Trinajstić information content (AvgIpc) is 3.06. The number of amides is 2. The molecule has 0 aliphatic carbocycles. The van der Waals surface area contributed by atoms with Gasteiger partial charge < -0.3 is 15.6 Å². The summed E-state index contributed by atoms with van der Waals surface area (Å²) in [4.78, 5) is 32.8. The maximum absolute atomic E-state index is 12.6. The zero-order valence-corrected chi connectivity index (χ0v) is 15.7. The topological polar surface area (TPSA) is 86.9 Å². The largest absolute Gasteiger partial charge is 0.347 e. The summed E-state index contributed by atoms with van der Waals surface area (Å²) in [6.07, 6.45) is 0. The molecule has 0 aliphatic heterocycles. The van der Waals surface area contributed by atoms with E-state index in [9.17, 15) is 9.59 Å². The van der Waals surface area contributed by atoms with Crippen molar-refractivity contribution in [3.63, 3.8) is 0 Å². The number of para-hydroxylation sites is 2. The fourth-order valence-electron chi connectivity index (χ4n) is 2.92. The monoisotopic (exact) mass is 364 g/mol. The van der Waals surface area contributed by atoms with Gasteiger partial charge in [0.15, 0.2) is 0 Å². The van der Waals surface area contributed by atoms with Gasteiger partial charge in [0.1, 0.15) is 11.9 Å². The van der Waals surface area contributed by atoms with Crippen molar-refractivity contribution in [3.05, 3.63) is 65.5 Å². The van der Waals surface area contributed by atoms with Gasteiger partial charge in [-0.2, -0.15) is 0 Å². The molecule has 0 saturated heterocycles. The van der Waals surface area contributed by atoms with Crippen molar-refractivity contribution in [1.29, 1.82) is 0 Å². The van der Waals surface area contributed by atoms with E-state index in [0.717, 1.165) is 16.6 Å². The van der Waals surface area contributed by atoms with E-state index >= 15 is 0 Å². The molecule has 2 amide bonds. The Hall–Kier alpha value is -3.15. The Labute approximate surface area is 158 Å². The molecular weight excluding hydrogens is 340 g/mol. The lowest BCUT2D eigenvalue weighted by atomic mass is 10.0. The molecule has 6 heteroatoms. The molecule has 3 aromatic rings. The Morgan fingerprint density at radius 1 is 1.11 bits per heavy atom. The first-order valence-corrected chi connectivity index (χ1v) is 9.03. The summed E-state index contributed by atoms with van der Waals surface area (Å²) in [7, 11) is 0. The minimum atomic E-state index is -0.623. The normalized spacial score (nSPS) is 12.1. The number of carbonyl (C=O) groups is 2. The number of benzene rings is 2. The first kappa shape index (κ1) is 18.6. The van der Waals surface area contributed by atoms with Gasteiger partial charge in [-0.25, -0.2) is 4.98 Å². The number of aryl methyl sites for hydroxylation is 1. The fraction of sp³-hybridized carbons (Fsp3) is 0.286. The number of nitrogens with one attached hydrogen (secondary N) is 3. The lowest BCUT2D eigenvalue weighted by Crippen LogP contribution is -2.49. The molecule has 1 unspecified atom stereocenters. The molecule has 0 aliphatic rings. The maximum atomic E-state index is 12.6. The first-order chi connectivity index (χ1) is 12.9. The standard InChI is InChI=1S/C21H24N4O2/c1-13(2)19(25-20(26)15-8-6-7-14(3)11-15)21(27)22-12-18-23-16-9-4-5-10-17(16)24-18/h4-11,13,19H,12H2,1-3H3,(H,22,27)(H,23,24)(H,25,26). The third kappa shape index (κ3) is 4.53. The number of imidazole rings is 1. The second-order valence-corrected chi connectivity index (χ2v) is 6.98. The molecular formula is C21H24N4O2. The molecule has 27 heavy (non-hydrogen) atoms. The Balaban J connectivity index is 1.65. The van der Waals surface area contributed by atoms with Gasteiger partial charge in [-0.15, -0.1) is 0 Å². The quantitative estimate of drug-likeness (QED) is 0.628. The molecule has 1 heterocycles. The number of hydrogen-bond donors (Lipinski definition) is 3. The Kier molecular flexibility index (Phi) is 5.54. The summed E-state index contributed by atoms with van der Waals surface area (Å²) in [5.41, 5.74) is 3.33. The Morgan fingerprint density at radius 3 is 2.59 bits per heavy atom. The molecule has 6 nitrogen and oxygen atoms in total. The van der Waals surface area contributed by atoms with Gasteiger partial charge in [0.05, 0.1) is 17.6 Å². The van der Waals surface area contributed by atoms with Crippen LogP contribution in [0.15, 0.2) is 48.5 Å². The summed E-state index contributed by atoms with van der Waals surface area (Å²) >= 11 is 0. The highest BCUT2D eigenvalue weighted by molar-refractivity contribution is 5.97. The molecule has 1 atom stereocenters. The molecule has 0 radical (unpaired) electrons. The van der Waals surface area contributed by atoms with Crippen LogP contribution in [0.2, 0.25) is 0 Å². The van der Waals surface area contributed by atoms with Crippen molar-refractivity contribution < 1.29 is 9.59 Å². The molecule has 0 saturated carbocycles. The highest BCUT2D eigenvalue weighted by Crippen LogP contribution is 2.11. The minimum absolute atomic E-state index is 0.0468. The number of fused-ring (bicyclic) bond motifs is 1. The summed E-state index contributed by atoms with van der Waals surface area (Å²) in [5.74, 6) is 0.147. The number of aromatic amines is 1. The van der Waals surface area contributed by atoms with Crippen LogP contribution < -0.4 is 10.6 Å². The molecule has 0 bridgehead atoms. The maximum Gasteiger partial charge on any atom is 0.251 e. The van der Waals surface area contributed by atoms with Gasteiger partial charge in [-0.05, 0) is 37.1 Å². The third-order valence-electron chi connectivity index (χ3n) is 4.38. The van der Waals surface area contributed by atoms with Crippen LogP contribution in [-0.2, 0) is 11.3 Å². The highest BCUT2D eigenvalue weighted by atomic mass is 16.2. The molecule has 3 N–H and O–H groups in total. The lowest BCUT2D eigenvalue weighted by molar-refractivity contribution is -0.124. The van der Waals surface area contributed by atoms with E-state index in [2.05, 4.69) is 20.6 Å². The van der Waals surface area contributed by atoms with E-state index in [-0.39, 0.29) is 24.3 Å². The van der Waals surface area contributed by atoms with Gasteiger partial charge in [0.25, 0.3) is 5.91 Å². The van der Waals surface area contributed by atoms with Crippen LogP contribution in [0.25, 0.3) is 11.0 Å². The van der Waals surface area contributed by atoms with Crippen LogP contribution in [0.4, 0.5) is 0 Å². The highest BCUT2D eigenvalue weighted by Gasteiger charge is 2.24. The zero-order valence-electron chi connectivity index (χ0n) is 15.7. The number of H-pyrrole nitrogens is 1. The van der Waals surface area contributed by atoms with Gasteiger partial charge >= 0.3 is 0 Å². The van der Waals surface area contributed by atoms with Gasteiger partial charge in [-0.1, -0.05) is 43.7 Å². The van der Waals surface area contributed by atoms with Crippen LogP contribution >= 0.6 is 0 Å². The fourth-order valence-corrected chi connectivity index (χ4v) is 2.92. The second-order valence-electron chi connectivity index (χ2n) is 6.98. The number of hydrogen-bond acceptors (Lipinski definition) is 3. The summed E-state index contributed by atoms with van der Waals surface area (Å²) < 4.78 is 0. The number of aromatic nitrogens is 2. The SMILES string of the molecule is Cc1cccc(C(=O)NC(C(=O)NCc2nc3ccccc3[nH]2)C(C)C)c1. The van der Waals surface area contributed by atoms with Crippen LogP contribution in [0.1, 0.15) is 35.6 Å². The minimum Gasteiger partial charge on any atom is -0.347 e. The predicted molar refractivity (Wildman–Crippen MR) is 105 cm³/mol. The first-order valence-electron chi connectivity index (χ1n) is 9.03. The van der Waals surface area contributed by atoms with Crippen LogP contribution in [0, 0.1) is 12.8 Å². The van der Waals surface area contributed by atoms with Gasteiger partial charge in [0, 0.05) is 5.56 Å². The number of nitrogens with zero attached hydrogens (tertiary/aromatic N) is 1. The summed E-state index contributed by atoms with van der Waals surface area (Å²) in [5, 5.41) is 5.70. The molecule has 2 aromatic carbocycles. The van der Waals surface area contributed by atoms with E-state index in [1.807, 2.05) is 57.2 Å².